The van der Waals surface area contributed by atoms with E-state index in [1.165, 1.54) is 0 Å². The lowest BCUT2D eigenvalue weighted by Gasteiger charge is -2.37. The number of aromatic nitrogens is 5. The van der Waals surface area contributed by atoms with E-state index in [0.717, 1.165) is 22.3 Å². The number of amides is 2. The molecule has 0 unspecified atom stereocenters. The summed E-state index contributed by atoms with van der Waals surface area (Å²) in [5, 5.41) is 2.95. The molecule has 0 aliphatic carbocycles. The van der Waals surface area contributed by atoms with Crippen LogP contribution in [-0.4, -0.2) is 73.2 Å². The molecule has 4 aromatic rings. The fourth-order valence-electron chi connectivity index (χ4n) is 4.29. The maximum absolute atomic E-state index is 13.2. The Morgan fingerprint density at radius 2 is 1.79 bits per heavy atom. The quantitative estimate of drug-likeness (QED) is 0.438. The highest BCUT2D eigenvalue weighted by molar-refractivity contribution is 6.04. The predicted octanol–water partition coefficient (Wildman–Crippen LogP) is 3.73. The van der Waals surface area contributed by atoms with Gasteiger partial charge in [-0.05, 0) is 51.1 Å². The van der Waals surface area contributed by atoms with Crippen molar-refractivity contribution in [1.82, 2.24) is 29.4 Å². The van der Waals surface area contributed by atoms with Crippen LogP contribution >= 0.6 is 0 Å². The highest BCUT2D eigenvalue weighted by Gasteiger charge is 2.27. The SMILES string of the molecule is Cn1cnc2ccc(-c3nccc(C(=O)Nc4cnccc4N4CCN(C(=O)OC(C)(C)C)CC4)n3)cc21. The standard InChI is InChI=1S/C27H30N8O3/c1-27(2,3)38-26(37)35-13-11-34(12-14-35)22-8-9-28-16-21(22)32-25(36)20-7-10-29-24(31-20)18-5-6-19-23(15-18)33(4)17-30-19/h5-10,15-17H,11-14H2,1-4H3,(H,32,36). The molecule has 2 amide bonds. The Labute approximate surface area is 220 Å². The second-order valence-corrected chi connectivity index (χ2v) is 10.1. The molecule has 11 heteroatoms. The number of benzene rings is 1. The smallest absolute Gasteiger partial charge is 0.410 e. The molecule has 0 radical (unpaired) electrons. The molecule has 38 heavy (non-hydrogen) atoms. The van der Waals surface area contributed by atoms with Gasteiger partial charge in [0.25, 0.3) is 5.91 Å². The number of hydrogen-bond acceptors (Lipinski definition) is 8. The fraction of sp³-hybridized carbons (Fsp3) is 0.333. The second kappa shape index (κ2) is 10.1. The van der Waals surface area contributed by atoms with Crippen molar-refractivity contribution in [2.24, 2.45) is 7.05 Å². The summed E-state index contributed by atoms with van der Waals surface area (Å²) in [6.07, 6.45) is 6.31. The molecule has 1 aliphatic rings. The lowest BCUT2D eigenvalue weighted by atomic mass is 10.2. The monoisotopic (exact) mass is 514 g/mol. The minimum absolute atomic E-state index is 0.240. The highest BCUT2D eigenvalue weighted by atomic mass is 16.6. The van der Waals surface area contributed by atoms with Crippen molar-refractivity contribution < 1.29 is 14.3 Å². The molecule has 1 saturated heterocycles. The van der Waals surface area contributed by atoms with Gasteiger partial charge in [-0.25, -0.2) is 19.7 Å². The van der Waals surface area contributed by atoms with Crippen molar-refractivity contribution >= 4 is 34.4 Å². The summed E-state index contributed by atoms with van der Waals surface area (Å²) in [6.45, 7) is 7.79. The summed E-state index contributed by atoms with van der Waals surface area (Å²) >= 11 is 0. The summed E-state index contributed by atoms with van der Waals surface area (Å²) in [7, 11) is 1.92. The summed E-state index contributed by atoms with van der Waals surface area (Å²) in [6, 6.07) is 9.19. The van der Waals surface area contributed by atoms with Crippen molar-refractivity contribution in [3.63, 3.8) is 0 Å². The Morgan fingerprint density at radius 1 is 1.00 bits per heavy atom. The fourth-order valence-corrected chi connectivity index (χ4v) is 4.29. The predicted molar refractivity (Wildman–Crippen MR) is 144 cm³/mol. The number of rotatable bonds is 4. The molecule has 11 nitrogen and oxygen atoms in total. The number of nitrogens with zero attached hydrogens (tertiary/aromatic N) is 7. The van der Waals surface area contributed by atoms with Crippen molar-refractivity contribution in [3.05, 3.63) is 60.9 Å². The van der Waals surface area contributed by atoms with Crippen LogP contribution in [-0.2, 0) is 11.8 Å². The number of carbonyl (C=O) groups is 2. The molecule has 3 aromatic heterocycles. The van der Waals surface area contributed by atoms with Crippen LogP contribution in [0.5, 0.6) is 0 Å². The maximum Gasteiger partial charge on any atom is 0.410 e. The molecule has 1 fully saturated rings. The first-order chi connectivity index (χ1) is 18.2. The van der Waals surface area contributed by atoms with E-state index in [1.54, 1.807) is 35.9 Å². The van der Waals surface area contributed by atoms with Gasteiger partial charge in [-0.3, -0.25) is 9.78 Å². The third-order valence-electron chi connectivity index (χ3n) is 6.19. The number of pyridine rings is 1. The van der Waals surface area contributed by atoms with Crippen LogP contribution < -0.4 is 10.2 Å². The molecule has 0 atom stereocenters. The highest BCUT2D eigenvalue weighted by Crippen LogP contribution is 2.27. The average molecular weight is 515 g/mol. The zero-order valence-corrected chi connectivity index (χ0v) is 21.9. The first kappa shape index (κ1) is 25.1. The van der Waals surface area contributed by atoms with E-state index in [1.807, 2.05) is 56.7 Å². The first-order valence-electron chi connectivity index (χ1n) is 12.4. The molecule has 1 N–H and O–H groups in total. The summed E-state index contributed by atoms with van der Waals surface area (Å²) < 4.78 is 7.42. The van der Waals surface area contributed by atoms with Gasteiger partial charge in [0.1, 0.15) is 11.3 Å². The first-order valence-corrected chi connectivity index (χ1v) is 12.4. The average Bonchev–Trinajstić information content (AvgIpc) is 3.28. The van der Waals surface area contributed by atoms with Gasteiger partial charge in [-0.1, -0.05) is 0 Å². The van der Waals surface area contributed by atoms with Gasteiger partial charge < -0.3 is 24.4 Å². The Kier molecular flexibility index (Phi) is 6.66. The number of carbonyl (C=O) groups excluding carboxylic acids is 2. The van der Waals surface area contributed by atoms with E-state index in [4.69, 9.17) is 4.74 Å². The zero-order chi connectivity index (χ0) is 26.9. The minimum atomic E-state index is -0.539. The number of piperazine rings is 1. The van der Waals surface area contributed by atoms with Crippen molar-refractivity contribution in [2.75, 3.05) is 36.4 Å². The van der Waals surface area contributed by atoms with Crippen LogP contribution in [0.1, 0.15) is 31.3 Å². The van der Waals surface area contributed by atoms with Crippen molar-refractivity contribution in [3.8, 4) is 11.4 Å². The molecule has 196 valence electrons. The Bertz CT molecular complexity index is 1490. The van der Waals surface area contributed by atoms with Crippen molar-refractivity contribution in [1.29, 1.82) is 0 Å². The second-order valence-electron chi connectivity index (χ2n) is 10.1. The van der Waals surface area contributed by atoms with Gasteiger partial charge in [0.2, 0.25) is 0 Å². The van der Waals surface area contributed by atoms with E-state index in [9.17, 15) is 9.59 Å². The molecule has 0 spiro atoms. The number of hydrogen-bond donors (Lipinski definition) is 1. The topological polar surface area (TPSA) is 118 Å². The van der Waals surface area contributed by atoms with Gasteiger partial charge in [0, 0.05) is 51.2 Å². The van der Waals surface area contributed by atoms with Crippen LogP contribution in [0.4, 0.5) is 16.2 Å². The largest absolute Gasteiger partial charge is 0.444 e. The molecule has 1 aliphatic heterocycles. The number of aryl methyl sites for hydroxylation is 1. The van der Waals surface area contributed by atoms with Crippen LogP contribution in [0.2, 0.25) is 0 Å². The zero-order valence-electron chi connectivity index (χ0n) is 21.9. The van der Waals surface area contributed by atoms with E-state index in [-0.39, 0.29) is 17.7 Å². The van der Waals surface area contributed by atoms with Crippen molar-refractivity contribution in [2.45, 2.75) is 26.4 Å². The Hall–Kier alpha value is -4.54. The molecule has 0 saturated carbocycles. The molecular weight excluding hydrogens is 484 g/mol. The molecule has 4 heterocycles. The van der Waals surface area contributed by atoms with Gasteiger partial charge >= 0.3 is 6.09 Å². The number of imidazole rings is 1. The molecule has 5 rings (SSSR count). The normalized spacial score (nSPS) is 14.0. The van der Waals surface area contributed by atoms with Crippen LogP contribution in [0.3, 0.4) is 0 Å². The number of ether oxygens (including phenoxy) is 1. The number of fused-ring (bicyclic) bond motifs is 1. The van der Waals surface area contributed by atoms with Crippen LogP contribution in [0.25, 0.3) is 22.4 Å². The minimum Gasteiger partial charge on any atom is -0.444 e. The van der Waals surface area contributed by atoms with Gasteiger partial charge in [-0.15, -0.1) is 0 Å². The lowest BCUT2D eigenvalue weighted by molar-refractivity contribution is 0.0240. The number of nitrogens with one attached hydrogen (secondary N) is 1. The maximum atomic E-state index is 13.2. The van der Waals surface area contributed by atoms with Gasteiger partial charge in [0.15, 0.2) is 5.82 Å². The third-order valence-corrected chi connectivity index (χ3v) is 6.19. The van der Waals surface area contributed by atoms with Crippen LogP contribution in [0.15, 0.2) is 55.2 Å². The Balaban J connectivity index is 1.30. The summed E-state index contributed by atoms with van der Waals surface area (Å²) in [4.78, 5) is 46.9. The summed E-state index contributed by atoms with van der Waals surface area (Å²) in [5.74, 6) is 0.0855. The summed E-state index contributed by atoms with van der Waals surface area (Å²) in [5.41, 5.74) is 3.72. The van der Waals surface area contributed by atoms with E-state index >= 15 is 0 Å². The van der Waals surface area contributed by atoms with Gasteiger partial charge in [0.05, 0.1) is 34.9 Å². The third kappa shape index (κ3) is 5.41. The van der Waals surface area contributed by atoms with E-state index in [0.29, 0.717) is 37.7 Å². The Morgan fingerprint density at radius 3 is 2.55 bits per heavy atom. The van der Waals surface area contributed by atoms with E-state index in [2.05, 4.69) is 30.2 Å². The molecule has 0 bridgehead atoms. The lowest BCUT2D eigenvalue weighted by Crippen LogP contribution is -2.50. The molecule has 1 aromatic carbocycles. The number of anilines is 2. The molecular formula is C27H30N8O3. The van der Waals surface area contributed by atoms with E-state index < -0.39 is 5.60 Å². The van der Waals surface area contributed by atoms with Gasteiger partial charge in [-0.2, -0.15) is 0 Å². The van der Waals surface area contributed by atoms with Crippen LogP contribution in [0, 0.1) is 0 Å².